The third-order valence-electron chi connectivity index (χ3n) is 2.33. The second-order valence-corrected chi connectivity index (χ2v) is 4.50. The maximum atomic E-state index is 11.9. The van der Waals surface area contributed by atoms with E-state index in [4.69, 9.17) is 11.6 Å². The molecule has 1 amide bonds. The highest BCUT2D eigenvalue weighted by molar-refractivity contribution is 6.17. The van der Waals surface area contributed by atoms with Gasteiger partial charge in [-0.2, -0.15) is 13.2 Å². The molecular weight excluding hydrogens is 295 g/mol. The molecular formula is C13H15ClF3NO2. The van der Waals surface area contributed by atoms with E-state index in [1.807, 2.05) is 0 Å². The monoisotopic (exact) mass is 309 g/mol. The van der Waals surface area contributed by atoms with Gasteiger partial charge in [0.25, 0.3) is 0 Å². The molecule has 0 atom stereocenters. The SMILES string of the molecule is O=C(CCCCCl)Nc1ccc(OCC(F)(F)F)cc1. The number of rotatable bonds is 7. The van der Waals surface area contributed by atoms with Crippen molar-refractivity contribution in [3.63, 3.8) is 0 Å². The van der Waals surface area contributed by atoms with Crippen LogP contribution in [0.3, 0.4) is 0 Å². The van der Waals surface area contributed by atoms with Crippen LogP contribution in [0.15, 0.2) is 24.3 Å². The highest BCUT2D eigenvalue weighted by Gasteiger charge is 2.28. The number of hydrogen-bond acceptors (Lipinski definition) is 2. The van der Waals surface area contributed by atoms with Gasteiger partial charge in [0.05, 0.1) is 0 Å². The molecule has 7 heteroatoms. The molecule has 0 radical (unpaired) electrons. The molecule has 1 rings (SSSR count). The summed E-state index contributed by atoms with van der Waals surface area (Å²) in [6, 6.07) is 5.73. The molecule has 0 aliphatic carbocycles. The van der Waals surface area contributed by atoms with Crippen LogP contribution in [0.4, 0.5) is 18.9 Å². The van der Waals surface area contributed by atoms with Gasteiger partial charge in [-0.05, 0) is 37.1 Å². The maximum Gasteiger partial charge on any atom is 0.422 e. The van der Waals surface area contributed by atoms with Crippen LogP contribution in [0.25, 0.3) is 0 Å². The van der Waals surface area contributed by atoms with E-state index in [1.54, 1.807) is 0 Å². The quantitative estimate of drug-likeness (QED) is 0.611. The summed E-state index contributed by atoms with van der Waals surface area (Å²) < 4.78 is 40.4. The Morgan fingerprint density at radius 1 is 1.20 bits per heavy atom. The average molecular weight is 310 g/mol. The lowest BCUT2D eigenvalue weighted by Gasteiger charge is -2.10. The fourth-order valence-electron chi connectivity index (χ4n) is 1.40. The minimum atomic E-state index is -4.37. The molecule has 0 saturated carbocycles. The topological polar surface area (TPSA) is 38.3 Å². The molecule has 1 aromatic carbocycles. The zero-order valence-corrected chi connectivity index (χ0v) is 11.4. The van der Waals surface area contributed by atoms with Crippen LogP contribution in [-0.4, -0.2) is 24.6 Å². The van der Waals surface area contributed by atoms with Crippen molar-refractivity contribution in [1.29, 1.82) is 0 Å². The third kappa shape index (κ3) is 7.23. The van der Waals surface area contributed by atoms with Gasteiger partial charge in [-0.25, -0.2) is 0 Å². The number of nitrogens with one attached hydrogen (secondary N) is 1. The molecule has 0 unspecified atom stereocenters. The number of benzene rings is 1. The fourth-order valence-corrected chi connectivity index (χ4v) is 1.59. The Balaban J connectivity index is 2.40. The van der Waals surface area contributed by atoms with Gasteiger partial charge in [-0.1, -0.05) is 0 Å². The van der Waals surface area contributed by atoms with Crippen LogP contribution < -0.4 is 10.1 Å². The van der Waals surface area contributed by atoms with E-state index >= 15 is 0 Å². The Kier molecular flexibility index (Phi) is 6.64. The zero-order valence-electron chi connectivity index (χ0n) is 10.7. The first kappa shape index (κ1) is 16.6. The molecule has 0 saturated heterocycles. The Morgan fingerprint density at radius 2 is 1.85 bits per heavy atom. The predicted molar refractivity (Wildman–Crippen MR) is 71.2 cm³/mol. The van der Waals surface area contributed by atoms with Crippen LogP contribution in [0.2, 0.25) is 0 Å². The first-order chi connectivity index (χ1) is 9.40. The van der Waals surface area contributed by atoms with Gasteiger partial charge in [-0.3, -0.25) is 4.79 Å². The first-order valence-electron chi connectivity index (χ1n) is 6.06. The minimum Gasteiger partial charge on any atom is -0.484 e. The van der Waals surface area contributed by atoms with E-state index in [9.17, 15) is 18.0 Å². The van der Waals surface area contributed by atoms with Crippen LogP contribution in [0, 0.1) is 0 Å². The molecule has 0 spiro atoms. The lowest BCUT2D eigenvalue weighted by Crippen LogP contribution is -2.19. The molecule has 112 valence electrons. The molecule has 1 N–H and O–H groups in total. The number of halogens is 4. The lowest BCUT2D eigenvalue weighted by molar-refractivity contribution is -0.153. The molecule has 0 fully saturated rings. The molecule has 20 heavy (non-hydrogen) atoms. The molecule has 0 heterocycles. The summed E-state index contributed by atoms with van der Waals surface area (Å²) in [6.07, 6.45) is -2.55. The van der Waals surface area contributed by atoms with Crippen molar-refractivity contribution >= 4 is 23.2 Å². The number of anilines is 1. The number of ether oxygens (including phenoxy) is 1. The second kappa shape index (κ2) is 7.99. The molecule has 0 aliphatic rings. The summed E-state index contributed by atoms with van der Waals surface area (Å²) >= 11 is 5.50. The van der Waals surface area contributed by atoms with E-state index in [0.717, 1.165) is 6.42 Å². The summed E-state index contributed by atoms with van der Waals surface area (Å²) in [7, 11) is 0. The maximum absolute atomic E-state index is 11.9. The Labute approximate surface area is 120 Å². The van der Waals surface area contributed by atoms with E-state index in [1.165, 1.54) is 24.3 Å². The standard InChI is InChI=1S/C13H15ClF3NO2/c14-8-2-1-3-12(19)18-10-4-6-11(7-5-10)20-9-13(15,16)17/h4-7H,1-3,8-9H2,(H,18,19). The van der Waals surface area contributed by atoms with Crippen molar-refractivity contribution in [3.05, 3.63) is 24.3 Å². The fraction of sp³-hybridized carbons (Fsp3) is 0.462. The van der Waals surface area contributed by atoms with E-state index in [2.05, 4.69) is 10.1 Å². The smallest absolute Gasteiger partial charge is 0.422 e. The Hall–Kier alpha value is -1.43. The summed E-state index contributed by atoms with van der Waals surface area (Å²) in [4.78, 5) is 11.5. The number of amides is 1. The number of carbonyl (C=O) groups excluding carboxylic acids is 1. The van der Waals surface area contributed by atoms with Crippen LogP contribution in [0.5, 0.6) is 5.75 Å². The average Bonchev–Trinajstić information content (AvgIpc) is 2.37. The van der Waals surface area contributed by atoms with Gasteiger partial charge in [0.1, 0.15) is 5.75 Å². The number of unbranched alkanes of at least 4 members (excludes halogenated alkanes) is 1. The zero-order chi connectivity index (χ0) is 15.0. The minimum absolute atomic E-state index is 0.0995. The van der Waals surface area contributed by atoms with Crippen molar-refractivity contribution < 1.29 is 22.7 Å². The highest BCUT2D eigenvalue weighted by atomic mass is 35.5. The summed E-state index contributed by atoms with van der Waals surface area (Å²) in [5.74, 6) is 0.458. The van der Waals surface area contributed by atoms with Crippen LogP contribution in [0.1, 0.15) is 19.3 Å². The normalized spacial score (nSPS) is 11.2. The van der Waals surface area contributed by atoms with Gasteiger partial charge in [0, 0.05) is 18.0 Å². The lowest BCUT2D eigenvalue weighted by atomic mass is 10.2. The number of carbonyl (C=O) groups is 1. The van der Waals surface area contributed by atoms with E-state index in [0.29, 0.717) is 24.4 Å². The summed E-state index contributed by atoms with van der Waals surface area (Å²) in [6.45, 7) is -1.34. The van der Waals surface area contributed by atoms with Crippen LogP contribution >= 0.6 is 11.6 Å². The molecule has 0 bridgehead atoms. The highest BCUT2D eigenvalue weighted by Crippen LogP contribution is 2.20. The van der Waals surface area contributed by atoms with Crippen molar-refractivity contribution in [1.82, 2.24) is 0 Å². The van der Waals surface area contributed by atoms with Crippen LogP contribution in [-0.2, 0) is 4.79 Å². The molecule has 1 aromatic rings. The van der Waals surface area contributed by atoms with Gasteiger partial charge in [0.15, 0.2) is 6.61 Å². The third-order valence-corrected chi connectivity index (χ3v) is 2.60. The van der Waals surface area contributed by atoms with E-state index in [-0.39, 0.29) is 11.7 Å². The number of hydrogen-bond donors (Lipinski definition) is 1. The van der Waals surface area contributed by atoms with Crippen molar-refractivity contribution in [2.75, 3.05) is 17.8 Å². The summed E-state index contributed by atoms with van der Waals surface area (Å²) in [5.41, 5.74) is 0.514. The van der Waals surface area contributed by atoms with Crippen molar-refractivity contribution in [2.24, 2.45) is 0 Å². The first-order valence-corrected chi connectivity index (χ1v) is 6.59. The number of alkyl halides is 4. The van der Waals surface area contributed by atoms with Crippen molar-refractivity contribution in [2.45, 2.75) is 25.4 Å². The summed E-state index contributed by atoms with van der Waals surface area (Å²) in [5, 5.41) is 2.64. The molecule has 3 nitrogen and oxygen atoms in total. The molecule has 0 aromatic heterocycles. The second-order valence-electron chi connectivity index (χ2n) is 4.12. The Morgan fingerprint density at radius 3 is 2.40 bits per heavy atom. The van der Waals surface area contributed by atoms with Gasteiger partial charge >= 0.3 is 6.18 Å². The van der Waals surface area contributed by atoms with Gasteiger partial charge in [-0.15, -0.1) is 11.6 Å². The Bertz CT molecular complexity index is 421. The predicted octanol–water partition coefficient (Wildman–Crippen LogP) is 3.98. The van der Waals surface area contributed by atoms with E-state index < -0.39 is 12.8 Å². The molecule has 0 aliphatic heterocycles. The largest absolute Gasteiger partial charge is 0.484 e. The van der Waals surface area contributed by atoms with Gasteiger partial charge in [0.2, 0.25) is 5.91 Å². The van der Waals surface area contributed by atoms with Gasteiger partial charge < -0.3 is 10.1 Å². The van der Waals surface area contributed by atoms with Crippen molar-refractivity contribution in [3.8, 4) is 5.75 Å².